The van der Waals surface area contributed by atoms with Crippen LogP contribution < -0.4 is 0 Å². The molecular weight excluding hydrogens is 280 g/mol. The molecule has 6 nitrogen and oxygen atoms in total. The summed E-state index contributed by atoms with van der Waals surface area (Å²) in [4.78, 5) is 2.16. The lowest BCUT2D eigenvalue weighted by Crippen LogP contribution is -2.43. The Morgan fingerprint density at radius 1 is 1.40 bits per heavy atom. The van der Waals surface area contributed by atoms with Gasteiger partial charge < -0.3 is 14.4 Å². The van der Waals surface area contributed by atoms with Crippen LogP contribution in [-0.2, 0) is 16.6 Å². The van der Waals surface area contributed by atoms with Gasteiger partial charge in [0.1, 0.15) is 12.4 Å². The van der Waals surface area contributed by atoms with E-state index in [4.69, 9.17) is 9.52 Å². The molecule has 2 rings (SSSR count). The van der Waals surface area contributed by atoms with Gasteiger partial charge in [0.05, 0.1) is 0 Å². The molecule has 0 aliphatic carbocycles. The van der Waals surface area contributed by atoms with Crippen LogP contribution in [0.5, 0.6) is 0 Å². The third-order valence-corrected chi connectivity index (χ3v) is 5.50. The Morgan fingerprint density at radius 2 is 2.15 bits per heavy atom. The molecule has 0 radical (unpaired) electrons. The summed E-state index contributed by atoms with van der Waals surface area (Å²) < 4.78 is 32.1. The second kappa shape index (κ2) is 6.26. The number of nitrogens with zero attached hydrogens (tertiary/aromatic N) is 2. The fourth-order valence-electron chi connectivity index (χ4n) is 2.57. The Balaban J connectivity index is 2.30. The lowest BCUT2D eigenvalue weighted by molar-refractivity contribution is 0.231. The largest absolute Gasteiger partial charge is 0.446 e. The minimum atomic E-state index is -3.63. The van der Waals surface area contributed by atoms with Crippen LogP contribution in [0, 0.1) is 0 Å². The van der Waals surface area contributed by atoms with E-state index in [9.17, 15) is 8.42 Å². The second-order valence-electron chi connectivity index (χ2n) is 5.17. The summed E-state index contributed by atoms with van der Waals surface area (Å²) in [5, 5.41) is 8.92. The topological polar surface area (TPSA) is 74.0 Å². The molecule has 1 saturated heterocycles. The molecule has 7 heteroatoms. The van der Waals surface area contributed by atoms with Crippen molar-refractivity contribution in [2.75, 3.05) is 26.7 Å². The maximum Gasteiger partial charge on any atom is 0.276 e. The molecule has 1 fully saturated rings. The fourth-order valence-corrected chi connectivity index (χ4v) is 4.23. The van der Waals surface area contributed by atoms with Gasteiger partial charge in [0.2, 0.25) is 5.09 Å². The van der Waals surface area contributed by atoms with Crippen LogP contribution in [0.3, 0.4) is 0 Å². The van der Waals surface area contributed by atoms with Crippen molar-refractivity contribution < 1.29 is 17.9 Å². The Labute approximate surface area is 120 Å². The summed E-state index contributed by atoms with van der Waals surface area (Å²) in [7, 11) is -1.62. The van der Waals surface area contributed by atoms with Crippen LogP contribution in [0.4, 0.5) is 0 Å². The quantitative estimate of drug-likeness (QED) is 0.893. The molecule has 1 aliphatic heterocycles. The normalized spacial score (nSPS) is 22.9. The second-order valence-corrected chi connectivity index (χ2v) is 6.99. The van der Waals surface area contributed by atoms with E-state index < -0.39 is 10.0 Å². The first-order valence-corrected chi connectivity index (χ1v) is 8.33. The van der Waals surface area contributed by atoms with Crippen LogP contribution in [-0.4, -0.2) is 55.5 Å². The summed E-state index contributed by atoms with van der Waals surface area (Å²) in [6.07, 6.45) is 1.57. The molecule has 1 unspecified atom stereocenters. The van der Waals surface area contributed by atoms with Gasteiger partial charge in [0.25, 0.3) is 10.0 Å². The molecule has 0 spiro atoms. The van der Waals surface area contributed by atoms with Gasteiger partial charge in [-0.1, -0.05) is 6.92 Å². The summed E-state index contributed by atoms with van der Waals surface area (Å²) in [6, 6.07) is 2.87. The maximum absolute atomic E-state index is 12.7. The van der Waals surface area contributed by atoms with Crippen molar-refractivity contribution in [3.05, 3.63) is 17.9 Å². The van der Waals surface area contributed by atoms with Gasteiger partial charge in [-0.2, -0.15) is 4.31 Å². The molecule has 1 N–H and O–H groups in total. The average molecular weight is 302 g/mol. The predicted molar refractivity (Wildman–Crippen MR) is 74.7 cm³/mol. The van der Waals surface area contributed by atoms with Crippen molar-refractivity contribution in [3.8, 4) is 0 Å². The minimum absolute atomic E-state index is 0.0461. The summed E-state index contributed by atoms with van der Waals surface area (Å²) >= 11 is 0. The molecule has 1 aliphatic rings. The van der Waals surface area contributed by atoms with E-state index in [2.05, 4.69) is 4.90 Å². The smallest absolute Gasteiger partial charge is 0.276 e. The minimum Gasteiger partial charge on any atom is -0.446 e. The van der Waals surface area contributed by atoms with Gasteiger partial charge in [-0.15, -0.1) is 0 Å². The summed E-state index contributed by atoms with van der Waals surface area (Å²) in [5.74, 6) is 0.267. The fraction of sp³-hybridized carbons (Fsp3) is 0.692. The number of hydrogen-bond donors (Lipinski definition) is 1. The molecule has 1 atom stereocenters. The van der Waals surface area contributed by atoms with Crippen molar-refractivity contribution in [2.45, 2.75) is 37.5 Å². The van der Waals surface area contributed by atoms with Crippen LogP contribution in [0.1, 0.15) is 25.5 Å². The van der Waals surface area contributed by atoms with E-state index in [1.54, 1.807) is 0 Å². The molecule has 0 bridgehead atoms. The van der Waals surface area contributed by atoms with Crippen LogP contribution in [0.15, 0.2) is 21.6 Å². The Morgan fingerprint density at radius 3 is 2.75 bits per heavy atom. The zero-order valence-corrected chi connectivity index (χ0v) is 12.8. The molecule has 0 saturated carbocycles. The zero-order valence-electron chi connectivity index (χ0n) is 11.9. The highest BCUT2D eigenvalue weighted by Crippen LogP contribution is 2.24. The Kier molecular flexibility index (Phi) is 4.85. The van der Waals surface area contributed by atoms with E-state index in [1.165, 1.54) is 16.4 Å². The van der Waals surface area contributed by atoms with Crippen LogP contribution in [0.25, 0.3) is 0 Å². The maximum atomic E-state index is 12.7. The number of rotatable bonds is 4. The molecular formula is C13H22N2O4S. The van der Waals surface area contributed by atoms with Crippen molar-refractivity contribution in [3.63, 3.8) is 0 Å². The molecule has 114 valence electrons. The highest BCUT2D eigenvalue weighted by Gasteiger charge is 2.34. The molecule has 20 heavy (non-hydrogen) atoms. The molecule has 0 aromatic carbocycles. The standard InChI is InChI=1S/C13H22N2O4S/c1-3-11-9-14(2)7-4-8-15(11)20(17,18)13-6-5-12(10-16)19-13/h5-6,11,16H,3-4,7-10H2,1-2H3. The predicted octanol–water partition coefficient (Wildman–Crippen LogP) is 0.877. The molecule has 1 aromatic heterocycles. The highest BCUT2D eigenvalue weighted by molar-refractivity contribution is 7.89. The van der Waals surface area contributed by atoms with Crippen molar-refractivity contribution >= 4 is 10.0 Å². The van der Waals surface area contributed by atoms with E-state index in [0.717, 1.165) is 25.9 Å². The van der Waals surface area contributed by atoms with Gasteiger partial charge in [-0.3, -0.25) is 0 Å². The van der Waals surface area contributed by atoms with Gasteiger partial charge in [0, 0.05) is 19.1 Å². The Bertz CT molecular complexity index is 540. The first kappa shape index (κ1) is 15.5. The highest BCUT2D eigenvalue weighted by atomic mass is 32.2. The van der Waals surface area contributed by atoms with Crippen molar-refractivity contribution in [1.29, 1.82) is 0 Å². The number of aliphatic hydroxyl groups excluding tert-OH is 1. The molecule has 0 amide bonds. The Hall–Kier alpha value is -0.890. The van der Waals surface area contributed by atoms with Gasteiger partial charge >= 0.3 is 0 Å². The van der Waals surface area contributed by atoms with E-state index in [0.29, 0.717) is 6.54 Å². The van der Waals surface area contributed by atoms with Gasteiger partial charge in [-0.05, 0) is 38.6 Å². The van der Waals surface area contributed by atoms with E-state index >= 15 is 0 Å². The SMILES string of the molecule is CCC1CN(C)CCCN1S(=O)(=O)c1ccc(CO)o1. The van der Waals surface area contributed by atoms with Crippen LogP contribution >= 0.6 is 0 Å². The number of likely N-dealkylation sites (N-methyl/N-ethyl adjacent to an activating group) is 1. The summed E-state index contributed by atoms with van der Waals surface area (Å²) in [6.45, 7) is 3.81. The lowest BCUT2D eigenvalue weighted by Gasteiger charge is -2.28. The third kappa shape index (κ3) is 3.06. The van der Waals surface area contributed by atoms with Crippen molar-refractivity contribution in [2.24, 2.45) is 0 Å². The third-order valence-electron chi connectivity index (χ3n) is 3.68. The number of sulfonamides is 1. The van der Waals surface area contributed by atoms with E-state index in [1.807, 2.05) is 14.0 Å². The first-order chi connectivity index (χ1) is 9.48. The average Bonchev–Trinajstić information content (AvgIpc) is 2.83. The molecule has 2 heterocycles. The lowest BCUT2D eigenvalue weighted by atomic mass is 10.2. The monoisotopic (exact) mass is 302 g/mol. The van der Waals surface area contributed by atoms with Crippen molar-refractivity contribution in [1.82, 2.24) is 9.21 Å². The van der Waals surface area contributed by atoms with Gasteiger partial charge in [0.15, 0.2) is 0 Å². The van der Waals surface area contributed by atoms with E-state index in [-0.39, 0.29) is 23.5 Å². The van der Waals surface area contributed by atoms with Gasteiger partial charge in [-0.25, -0.2) is 8.42 Å². The summed E-state index contributed by atoms with van der Waals surface area (Å²) in [5.41, 5.74) is 0. The van der Waals surface area contributed by atoms with Crippen LogP contribution in [0.2, 0.25) is 0 Å². The molecule has 1 aromatic rings. The first-order valence-electron chi connectivity index (χ1n) is 6.89. The number of hydrogen-bond acceptors (Lipinski definition) is 5. The number of aliphatic hydroxyl groups is 1. The zero-order chi connectivity index (χ0) is 14.8. The number of furan rings is 1.